The first-order valence-corrected chi connectivity index (χ1v) is 15.4. The molecule has 1 aliphatic rings. The van der Waals surface area contributed by atoms with Crippen molar-refractivity contribution in [3.8, 4) is 22.5 Å². The van der Waals surface area contributed by atoms with Gasteiger partial charge in [0.25, 0.3) is 5.56 Å². The summed E-state index contributed by atoms with van der Waals surface area (Å²) in [5.74, 6) is 0.357. The van der Waals surface area contributed by atoms with Crippen molar-refractivity contribution in [2.24, 2.45) is 0 Å². The first-order chi connectivity index (χ1) is 21.3. The third-order valence-corrected chi connectivity index (χ3v) is 8.68. The minimum atomic E-state index is -0.602. The van der Waals surface area contributed by atoms with Gasteiger partial charge in [0.15, 0.2) is 5.82 Å². The van der Waals surface area contributed by atoms with Crippen LogP contribution in [0.25, 0.3) is 28.3 Å². The maximum Gasteiger partial charge on any atom is 0.439 e. The molecule has 11 nitrogen and oxygen atoms in total. The fourth-order valence-electron chi connectivity index (χ4n) is 6.23. The van der Waals surface area contributed by atoms with Gasteiger partial charge in [0.1, 0.15) is 6.33 Å². The zero-order valence-electron chi connectivity index (χ0n) is 26.3. The van der Waals surface area contributed by atoms with E-state index in [0.717, 1.165) is 65.6 Å². The van der Waals surface area contributed by atoms with Crippen LogP contribution in [0.4, 0.5) is 0 Å². The second kappa shape index (κ2) is 14.8. The number of hydrogen-bond donors (Lipinski definition) is 2. The Hall–Kier alpha value is -2.71. The summed E-state index contributed by atoms with van der Waals surface area (Å²) in [6.45, 7) is 5.73. The summed E-state index contributed by atoms with van der Waals surface area (Å²) in [5.41, 5.74) is 5.24. The van der Waals surface area contributed by atoms with Crippen LogP contribution in [0.2, 0.25) is 0 Å². The van der Waals surface area contributed by atoms with Crippen LogP contribution in [0.1, 0.15) is 75.7 Å². The molecule has 5 aromatic rings. The molecule has 1 radical (unpaired) electrons. The van der Waals surface area contributed by atoms with E-state index in [4.69, 9.17) is 9.26 Å². The van der Waals surface area contributed by atoms with E-state index in [9.17, 15) is 14.7 Å². The van der Waals surface area contributed by atoms with Crippen molar-refractivity contribution in [3.63, 3.8) is 0 Å². The van der Waals surface area contributed by atoms with Crippen LogP contribution in [0.5, 0.6) is 0 Å². The van der Waals surface area contributed by atoms with Crippen LogP contribution in [0.15, 0.2) is 69.0 Å². The third-order valence-electron chi connectivity index (χ3n) is 8.68. The Balaban J connectivity index is 0.00000400. The SMILES string of the molecule is CCCc1c(Cc2ccc(-c3ccccc3-c3noc(=O)[nH]3)cc2)c(=O)n(C2CCC(OC(C)C(C)O)CC2)c2ncnn12.[K]. The smallest absolute Gasteiger partial charge is 0.391 e. The second-order valence-electron chi connectivity index (χ2n) is 11.7. The Morgan fingerprint density at radius 1 is 1.04 bits per heavy atom. The zero-order valence-corrected chi connectivity index (χ0v) is 29.4. The third kappa shape index (κ3) is 7.17. The number of rotatable bonds is 10. The van der Waals surface area contributed by atoms with Crippen molar-refractivity contribution in [1.82, 2.24) is 29.3 Å². The van der Waals surface area contributed by atoms with Crippen molar-refractivity contribution in [2.45, 2.75) is 90.1 Å². The molecule has 231 valence electrons. The summed E-state index contributed by atoms with van der Waals surface area (Å²) < 4.78 is 14.5. The van der Waals surface area contributed by atoms with E-state index in [-0.39, 0.29) is 75.2 Å². The zero-order chi connectivity index (χ0) is 30.8. The maximum atomic E-state index is 14.3. The number of fused-ring (bicyclic) bond motifs is 1. The van der Waals surface area contributed by atoms with Crippen molar-refractivity contribution < 1.29 is 14.4 Å². The number of ether oxygens (including phenoxy) is 1. The number of aromatic nitrogens is 6. The van der Waals surface area contributed by atoms with Crippen LogP contribution >= 0.6 is 0 Å². The number of aliphatic hydroxyl groups excluding tert-OH is 1. The minimum absolute atomic E-state index is 0. The molecule has 3 aromatic heterocycles. The van der Waals surface area contributed by atoms with Gasteiger partial charge in [-0.05, 0) is 62.6 Å². The average molecular weight is 638 g/mol. The number of aliphatic hydroxyl groups is 1. The van der Waals surface area contributed by atoms with Gasteiger partial charge in [0.05, 0.1) is 24.0 Å². The predicted molar refractivity (Wildman–Crippen MR) is 171 cm³/mol. The van der Waals surface area contributed by atoms with Crippen LogP contribution in [-0.2, 0) is 17.6 Å². The Morgan fingerprint density at radius 2 is 1.76 bits per heavy atom. The van der Waals surface area contributed by atoms with Crippen molar-refractivity contribution in [1.29, 1.82) is 0 Å². The Bertz CT molecular complexity index is 1850. The molecular formula is C33H38KN6O5. The summed E-state index contributed by atoms with van der Waals surface area (Å²) in [6, 6.07) is 15.8. The van der Waals surface area contributed by atoms with Gasteiger partial charge < -0.3 is 9.84 Å². The molecule has 2 N–H and O–H groups in total. The fourth-order valence-corrected chi connectivity index (χ4v) is 6.23. The number of aryl methyl sites for hydroxylation is 1. The molecule has 0 bridgehead atoms. The van der Waals surface area contributed by atoms with Crippen molar-refractivity contribution in [3.05, 3.63) is 92.6 Å². The van der Waals surface area contributed by atoms with E-state index in [2.05, 4.69) is 27.1 Å². The van der Waals surface area contributed by atoms with Gasteiger partial charge >= 0.3 is 5.76 Å². The first-order valence-electron chi connectivity index (χ1n) is 15.4. The Kier molecular flexibility index (Phi) is 11.1. The van der Waals surface area contributed by atoms with Crippen molar-refractivity contribution >= 4 is 57.2 Å². The van der Waals surface area contributed by atoms with E-state index in [0.29, 0.717) is 24.4 Å². The first kappa shape index (κ1) is 33.6. The number of benzene rings is 2. The largest absolute Gasteiger partial charge is 0.439 e. The number of aromatic amines is 1. The van der Waals surface area contributed by atoms with E-state index in [1.165, 1.54) is 6.33 Å². The molecule has 0 aliphatic heterocycles. The molecule has 0 amide bonds. The molecule has 2 aromatic carbocycles. The van der Waals surface area contributed by atoms with Crippen LogP contribution in [-0.4, -0.2) is 104 Å². The number of nitrogens with zero attached hydrogens (tertiary/aromatic N) is 5. The Morgan fingerprint density at radius 3 is 2.40 bits per heavy atom. The summed E-state index contributed by atoms with van der Waals surface area (Å²) in [4.78, 5) is 33.0. The monoisotopic (exact) mass is 637 g/mol. The maximum absolute atomic E-state index is 14.3. The van der Waals surface area contributed by atoms with Gasteiger partial charge in [-0.15, -0.1) is 0 Å². The number of nitrogens with one attached hydrogen (secondary N) is 1. The second-order valence-corrected chi connectivity index (χ2v) is 11.7. The van der Waals surface area contributed by atoms with Crippen molar-refractivity contribution in [2.75, 3.05) is 0 Å². The van der Waals surface area contributed by atoms with Gasteiger partial charge in [-0.25, -0.2) is 9.31 Å². The fraction of sp³-hybridized carbons (Fsp3) is 0.424. The van der Waals surface area contributed by atoms with Gasteiger partial charge in [0.2, 0.25) is 5.78 Å². The van der Waals surface area contributed by atoms with Gasteiger partial charge in [0, 0.05) is 75.0 Å². The standard InChI is InChI=1S/C33H38N6O5.K/c1-4-7-29-28(18-22-10-12-23(13-11-22)26-8-5-6-9-27(26)30-36-33(42)44-37-30)31(41)38(32-34-19-35-39(29)32)24-14-16-25(17-15-24)43-21(3)20(2)40;/h5-6,8-13,19-21,24-25,40H,4,7,14-18H2,1-3H3,(H,36,37,42);. The molecule has 1 fully saturated rings. The molecule has 2 unspecified atom stereocenters. The Labute approximate surface area is 303 Å². The number of H-pyrrole nitrogens is 1. The van der Waals surface area contributed by atoms with E-state index in [1.807, 2.05) is 64.5 Å². The van der Waals surface area contributed by atoms with E-state index >= 15 is 0 Å². The minimum Gasteiger partial charge on any atom is -0.391 e. The molecule has 6 rings (SSSR count). The summed E-state index contributed by atoms with van der Waals surface area (Å²) in [7, 11) is 0. The molecular weight excluding hydrogens is 599 g/mol. The summed E-state index contributed by atoms with van der Waals surface area (Å²) in [5, 5.41) is 18.3. The molecule has 0 saturated heterocycles. The van der Waals surface area contributed by atoms with Gasteiger partial charge in [-0.1, -0.05) is 67.0 Å². The molecule has 1 saturated carbocycles. The molecule has 2 atom stereocenters. The van der Waals surface area contributed by atoms with Crippen LogP contribution in [0.3, 0.4) is 0 Å². The quantitative estimate of drug-likeness (QED) is 0.216. The number of hydrogen-bond acceptors (Lipinski definition) is 8. The molecule has 1 aliphatic carbocycles. The molecule has 45 heavy (non-hydrogen) atoms. The molecule has 0 spiro atoms. The summed E-state index contributed by atoms with van der Waals surface area (Å²) >= 11 is 0. The van der Waals surface area contributed by atoms with Crippen LogP contribution < -0.4 is 11.3 Å². The molecule has 12 heteroatoms. The topological polar surface area (TPSA) is 141 Å². The predicted octanol–water partition coefficient (Wildman–Crippen LogP) is 4.33. The van der Waals surface area contributed by atoms with Gasteiger partial charge in [-0.3, -0.25) is 18.9 Å². The normalized spacial score (nSPS) is 18.0. The molecule has 3 heterocycles. The summed E-state index contributed by atoms with van der Waals surface area (Å²) in [6.07, 6.45) is 6.09. The average Bonchev–Trinajstić information content (AvgIpc) is 3.69. The van der Waals surface area contributed by atoms with Gasteiger partial charge in [-0.2, -0.15) is 10.1 Å². The van der Waals surface area contributed by atoms with E-state index in [1.54, 1.807) is 6.92 Å². The van der Waals surface area contributed by atoms with E-state index < -0.39 is 11.9 Å². The van der Waals surface area contributed by atoms with Crippen LogP contribution in [0, 0.1) is 0 Å².